The zero-order valence-electron chi connectivity index (χ0n) is 11.5. The molecule has 2 nitrogen and oxygen atoms in total. The Hall–Kier alpha value is -1.02. The maximum atomic E-state index is 9.14. The number of rotatable bonds is 4. The number of anilines is 1. The summed E-state index contributed by atoms with van der Waals surface area (Å²) >= 11 is 0. The van der Waals surface area contributed by atoms with Gasteiger partial charge < -0.3 is 10.4 Å². The minimum atomic E-state index is 0.121. The van der Waals surface area contributed by atoms with Crippen LogP contribution in [0.15, 0.2) is 24.3 Å². The molecule has 0 aliphatic heterocycles. The third kappa shape index (κ3) is 3.49. The lowest BCUT2D eigenvalue weighted by molar-refractivity contribution is 0.267. The Labute approximate surface area is 110 Å². The van der Waals surface area contributed by atoms with Gasteiger partial charge in [0.1, 0.15) is 0 Å². The van der Waals surface area contributed by atoms with E-state index >= 15 is 0 Å². The first-order chi connectivity index (χ1) is 8.69. The molecule has 1 aliphatic rings. The van der Waals surface area contributed by atoms with Gasteiger partial charge in [-0.25, -0.2) is 0 Å². The fourth-order valence-electron chi connectivity index (χ4n) is 2.93. The van der Waals surface area contributed by atoms with Crippen LogP contribution in [0.3, 0.4) is 0 Å². The molecule has 0 amide bonds. The number of nitrogens with one attached hydrogen (secondary N) is 1. The van der Waals surface area contributed by atoms with E-state index in [-0.39, 0.29) is 6.61 Å². The lowest BCUT2D eigenvalue weighted by Gasteiger charge is -2.31. The molecular formula is C16H25NO. The Balaban J connectivity index is 1.87. The standard InChI is InChI=1S/C16H25NO/c1-12(2)14-6-8-15(9-7-14)17-16-5-3-4-13(10-16)11-18/h3-5,10,12,14-15,17-18H,6-9,11H2,1-2H3. The molecule has 0 aromatic heterocycles. The molecule has 1 saturated carbocycles. The molecule has 1 aromatic rings. The predicted octanol–water partition coefficient (Wildman–Crippen LogP) is 3.81. The van der Waals surface area contributed by atoms with Crippen molar-refractivity contribution in [3.63, 3.8) is 0 Å². The number of benzene rings is 1. The first-order valence-corrected chi connectivity index (χ1v) is 7.15. The fourth-order valence-corrected chi connectivity index (χ4v) is 2.93. The maximum absolute atomic E-state index is 9.14. The topological polar surface area (TPSA) is 32.3 Å². The first-order valence-electron chi connectivity index (χ1n) is 7.15. The van der Waals surface area contributed by atoms with Gasteiger partial charge in [-0.3, -0.25) is 0 Å². The quantitative estimate of drug-likeness (QED) is 0.848. The predicted molar refractivity (Wildman–Crippen MR) is 76.6 cm³/mol. The highest BCUT2D eigenvalue weighted by atomic mass is 16.3. The molecule has 0 bridgehead atoms. The smallest absolute Gasteiger partial charge is 0.0682 e. The van der Waals surface area contributed by atoms with Gasteiger partial charge in [0.25, 0.3) is 0 Å². The molecule has 18 heavy (non-hydrogen) atoms. The third-order valence-electron chi connectivity index (χ3n) is 4.19. The highest BCUT2D eigenvalue weighted by molar-refractivity contribution is 5.46. The molecule has 0 atom stereocenters. The van der Waals surface area contributed by atoms with Gasteiger partial charge in [0, 0.05) is 11.7 Å². The Kier molecular flexibility index (Phi) is 4.65. The first kappa shape index (κ1) is 13.4. The van der Waals surface area contributed by atoms with E-state index in [1.807, 2.05) is 12.1 Å². The van der Waals surface area contributed by atoms with Crippen LogP contribution in [0.2, 0.25) is 0 Å². The SMILES string of the molecule is CC(C)C1CCC(Nc2cccc(CO)c2)CC1. The summed E-state index contributed by atoms with van der Waals surface area (Å²) in [6.45, 7) is 4.79. The number of hydrogen-bond donors (Lipinski definition) is 2. The van der Waals surface area contributed by atoms with Crippen LogP contribution >= 0.6 is 0 Å². The normalized spacial score (nSPS) is 24.2. The van der Waals surface area contributed by atoms with Gasteiger partial charge in [-0.15, -0.1) is 0 Å². The molecule has 1 fully saturated rings. The summed E-state index contributed by atoms with van der Waals surface area (Å²) in [5, 5.41) is 12.7. The Morgan fingerprint density at radius 1 is 1.22 bits per heavy atom. The number of aliphatic hydroxyl groups excluding tert-OH is 1. The second-order valence-corrected chi connectivity index (χ2v) is 5.86. The van der Waals surface area contributed by atoms with Crippen LogP contribution in [-0.2, 0) is 6.61 Å². The molecule has 1 aliphatic carbocycles. The van der Waals surface area contributed by atoms with Crippen LogP contribution in [-0.4, -0.2) is 11.1 Å². The van der Waals surface area contributed by atoms with Crippen molar-refractivity contribution >= 4 is 5.69 Å². The minimum absolute atomic E-state index is 0.121. The average molecular weight is 247 g/mol. The third-order valence-corrected chi connectivity index (χ3v) is 4.19. The fraction of sp³-hybridized carbons (Fsp3) is 0.625. The van der Waals surface area contributed by atoms with Crippen molar-refractivity contribution in [2.24, 2.45) is 11.8 Å². The van der Waals surface area contributed by atoms with E-state index in [1.165, 1.54) is 25.7 Å². The van der Waals surface area contributed by atoms with Crippen LogP contribution in [0.5, 0.6) is 0 Å². The number of hydrogen-bond acceptors (Lipinski definition) is 2. The maximum Gasteiger partial charge on any atom is 0.0682 e. The van der Waals surface area contributed by atoms with E-state index < -0.39 is 0 Å². The molecule has 2 heteroatoms. The number of aliphatic hydroxyl groups is 1. The van der Waals surface area contributed by atoms with Crippen molar-refractivity contribution in [3.05, 3.63) is 29.8 Å². The highest BCUT2D eigenvalue weighted by Gasteiger charge is 2.22. The van der Waals surface area contributed by atoms with Gasteiger partial charge in [-0.2, -0.15) is 0 Å². The van der Waals surface area contributed by atoms with Crippen molar-refractivity contribution in [2.45, 2.75) is 52.2 Å². The summed E-state index contributed by atoms with van der Waals surface area (Å²) in [5.74, 6) is 1.73. The summed E-state index contributed by atoms with van der Waals surface area (Å²) in [5.41, 5.74) is 2.13. The lowest BCUT2D eigenvalue weighted by Crippen LogP contribution is -2.27. The molecule has 1 aromatic carbocycles. The molecule has 2 N–H and O–H groups in total. The van der Waals surface area contributed by atoms with E-state index in [2.05, 4.69) is 31.3 Å². The van der Waals surface area contributed by atoms with E-state index in [4.69, 9.17) is 5.11 Å². The molecule has 100 valence electrons. The lowest BCUT2D eigenvalue weighted by atomic mass is 9.79. The van der Waals surface area contributed by atoms with Crippen molar-refractivity contribution in [2.75, 3.05) is 5.32 Å². The van der Waals surface area contributed by atoms with Crippen LogP contribution in [0.1, 0.15) is 45.1 Å². The van der Waals surface area contributed by atoms with Crippen LogP contribution in [0, 0.1) is 11.8 Å². The zero-order valence-corrected chi connectivity index (χ0v) is 11.5. The second kappa shape index (κ2) is 6.24. The van der Waals surface area contributed by atoms with Crippen LogP contribution < -0.4 is 5.32 Å². The molecule has 0 unspecified atom stereocenters. The molecule has 0 spiro atoms. The highest BCUT2D eigenvalue weighted by Crippen LogP contribution is 2.31. The largest absolute Gasteiger partial charge is 0.392 e. The van der Waals surface area contributed by atoms with Crippen molar-refractivity contribution < 1.29 is 5.11 Å². The van der Waals surface area contributed by atoms with E-state index in [0.29, 0.717) is 6.04 Å². The molecule has 0 heterocycles. The summed E-state index contributed by atoms with van der Waals surface area (Å²) < 4.78 is 0. The van der Waals surface area contributed by atoms with Gasteiger partial charge in [0.15, 0.2) is 0 Å². The van der Waals surface area contributed by atoms with Crippen LogP contribution in [0.4, 0.5) is 5.69 Å². The zero-order chi connectivity index (χ0) is 13.0. The summed E-state index contributed by atoms with van der Waals surface area (Å²) in [4.78, 5) is 0. The van der Waals surface area contributed by atoms with Gasteiger partial charge >= 0.3 is 0 Å². The van der Waals surface area contributed by atoms with Crippen molar-refractivity contribution in [1.29, 1.82) is 0 Å². The Morgan fingerprint density at radius 2 is 1.94 bits per heavy atom. The van der Waals surface area contributed by atoms with Gasteiger partial charge in [-0.1, -0.05) is 26.0 Å². The monoisotopic (exact) mass is 247 g/mol. The van der Waals surface area contributed by atoms with Crippen molar-refractivity contribution in [3.8, 4) is 0 Å². The van der Waals surface area contributed by atoms with Gasteiger partial charge in [-0.05, 0) is 55.2 Å². The summed E-state index contributed by atoms with van der Waals surface area (Å²) in [6, 6.07) is 8.71. The molecule has 0 radical (unpaired) electrons. The van der Waals surface area contributed by atoms with E-state index in [9.17, 15) is 0 Å². The van der Waals surface area contributed by atoms with E-state index in [1.54, 1.807) is 0 Å². The van der Waals surface area contributed by atoms with Gasteiger partial charge in [0.2, 0.25) is 0 Å². The summed E-state index contributed by atoms with van der Waals surface area (Å²) in [7, 11) is 0. The average Bonchev–Trinajstić information content (AvgIpc) is 2.39. The minimum Gasteiger partial charge on any atom is -0.392 e. The Morgan fingerprint density at radius 3 is 2.56 bits per heavy atom. The molecular weight excluding hydrogens is 222 g/mol. The Bertz CT molecular complexity index is 367. The summed E-state index contributed by atoms with van der Waals surface area (Å²) in [6.07, 6.45) is 5.22. The second-order valence-electron chi connectivity index (χ2n) is 5.86. The van der Waals surface area contributed by atoms with Crippen molar-refractivity contribution in [1.82, 2.24) is 0 Å². The molecule has 0 saturated heterocycles. The van der Waals surface area contributed by atoms with Gasteiger partial charge in [0.05, 0.1) is 6.61 Å². The van der Waals surface area contributed by atoms with E-state index in [0.717, 1.165) is 23.1 Å². The van der Waals surface area contributed by atoms with Crippen LogP contribution in [0.25, 0.3) is 0 Å². The molecule has 2 rings (SSSR count).